The van der Waals surface area contributed by atoms with Crippen molar-refractivity contribution in [2.75, 3.05) is 0 Å². The topological polar surface area (TPSA) is 0 Å². The van der Waals surface area contributed by atoms with E-state index < -0.39 is 0 Å². The summed E-state index contributed by atoms with van der Waals surface area (Å²) in [4.78, 5) is 0. The fraction of sp³-hybridized carbons (Fsp3) is 0.200. The number of halogens is 1. The Kier molecular flexibility index (Phi) is 3.98. The summed E-state index contributed by atoms with van der Waals surface area (Å²) in [5, 5.41) is 0. The summed E-state index contributed by atoms with van der Waals surface area (Å²) < 4.78 is 10.9. The van der Waals surface area contributed by atoms with Crippen LogP contribution >= 0.6 is 0 Å². The van der Waals surface area contributed by atoms with Gasteiger partial charge in [0, 0.05) is 0 Å². The first-order chi connectivity index (χ1) is 2.91. The molecule has 0 unspecified atom stereocenters. The van der Waals surface area contributed by atoms with E-state index in [9.17, 15) is 4.39 Å². The van der Waals surface area contributed by atoms with Crippen LogP contribution in [0.25, 0.3) is 0 Å². The monoisotopic (exact) mass is 86.1 g/mol. The van der Waals surface area contributed by atoms with Crippen molar-refractivity contribution in [3.05, 3.63) is 24.6 Å². The van der Waals surface area contributed by atoms with Crippen molar-refractivity contribution in [2.45, 2.75) is 6.92 Å². The molecule has 0 aromatic heterocycles. The normalized spacial score (nSPS) is 11.7. The van der Waals surface area contributed by atoms with Crippen LogP contribution in [0.3, 0.4) is 0 Å². The highest BCUT2D eigenvalue weighted by Gasteiger charge is 1.51. The summed E-state index contributed by atoms with van der Waals surface area (Å²) in [5.41, 5.74) is 0. The molecule has 0 fully saturated rings. The molecule has 0 nitrogen and oxygen atoms in total. The summed E-state index contributed by atoms with van der Waals surface area (Å²) in [5.74, 6) is 0. The van der Waals surface area contributed by atoms with E-state index in [1.165, 1.54) is 6.08 Å². The molecule has 0 bridgehead atoms. The lowest BCUT2D eigenvalue weighted by molar-refractivity contribution is 0.721. The molecule has 0 N–H and O–H groups in total. The molecule has 0 radical (unpaired) electrons. The van der Waals surface area contributed by atoms with Crippen molar-refractivity contribution in [1.82, 2.24) is 0 Å². The van der Waals surface area contributed by atoms with Gasteiger partial charge in [0.2, 0.25) is 0 Å². The quantitative estimate of drug-likeness (QED) is 0.428. The van der Waals surface area contributed by atoms with Gasteiger partial charge in [-0.2, -0.15) is 0 Å². The van der Waals surface area contributed by atoms with Crippen LogP contribution in [0.5, 0.6) is 0 Å². The van der Waals surface area contributed by atoms with Crippen LogP contribution in [-0.2, 0) is 0 Å². The minimum Gasteiger partial charge on any atom is -0.216 e. The van der Waals surface area contributed by atoms with Gasteiger partial charge in [-0.05, 0) is 13.0 Å². The lowest BCUT2D eigenvalue weighted by Crippen LogP contribution is -1.38. The molecule has 0 aliphatic rings. The van der Waals surface area contributed by atoms with Gasteiger partial charge in [0.15, 0.2) is 0 Å². The number of hydrogen-bond donors (Lipinski definition) is 0. The second kappa shape index (κ2) is 4.41. The number of hydrogen-bond acceptors (Lipinski definition) is 0. The molecule has 0 aromatic rings. The summed E-state index contributed by atoms with van der Waals surface area (Å²) in [6.45, 7) is 1.83. The van der Waals surface area contributed by atoms with Gasteiger partial charge in [-0.15, -0.1) is 0 Å². The average Bonchev–Trinajstić information content (AvgIpc) is 1.61. The molecule has 0 heterocycles. The summed E-state index contributed by atoms with van der Waals surface area (Å²) in [6, 6.07) is 0. The highest BCUT2D eigenvalue weighted by atomic mass is 19.1. The van der Waals surface area contributed by atoms with E-state index in [1.54, 1.807) is 12.2 Å². The Morgan fingerprint density at radius 1 is 1.33 bits per heavy atom. The molecule has 6 heavy (non-hydrogen) atoms. The molecule has 0 aliphatic heterocycles. The van der Waals surface area contributed by atoms with Gasteiger partial charge in [-0.25, -0.2) is 4.39 Å². The molecular weight excluding hydrogens is 79.1 g/mol. The predicted octanol–water partition coefficient (Wildman–Crippen LogP) is 2.05. The maximum absolute atomic E-state index is 10.9. The highest BCUT2D eigenvalue weighted by Crippen LogP contribution is 1.73. The summed E-state index contributed by atoms with van der Waals surface area (Å²) >= 11 is 0. The van der Waals surface area contributed by atoms with Crippen LogP contribution in [-0.4, -0.2) is 0 Å². The Bertz CT molecular complexity index is 52.3. The second-order valence-corrected chi connectivity index (χ2v) is 0.844. The minimum absolute atomic E-state index is 0.500. The van der Waals surface area contributed by atoms with Gasteiger partial charge in [0.05, 0.1) is 6.33 Å². The molecule has 1 heteroatoms. The van der Waals surface area contributed by atoms with Gasteiger partial charge >= 0.3 is 0 Å². The van der Waals surface area contributed by atoms with E-state index in [0.717, 1.165) is 0 Å². The van der Waals surface area contributed by atoms with E-state index in [-0.39, 0.29) is 0 Å². The third-order valence-electron chi connectivity index (χ3n) is 0.376. The van der Waals surface area contributed by atoms with E-state index >= 15 is 0 Å². The molecule has 0 amide bonds. The highest BCUT2D eigenvalue weighted by molar-refractivity contribution is 4.96. The predicted molar refractivity (Wildman–Crippen MR) is 25.1 cm³/mol. The van der Waals surface area contributed by atoms with Crippen LogP contribution in [0.15, 0.2) is 24.6 Å². The van der Waals surface area contributed by atoms with Crippen LogP contribution < -0.4 is 0 Å². The van der Waals surface area contributed by atoms with E-state index in [4.69, 9.17) is 0 Å². The standard InChI is InChI=1S/C5H7F/c1-2-3-4-5-6/h2-5H,1H3/b3-2+,5-4+. The number of rotatable bonds is 1. The maximum atomic E-state index is 10.9. The summed E-state index contributed by atoms with van der Waals surface area (Å²) in [7, 11) is 0. The summed E-state index contributed by atoms with van der Waals surface area (Å²) in [6.07, 6.45) is 5.22. The zero-order valence-corrected chi connectivity index (χ0v) is 3.69. The van der Waals surface area contributed by atoms with Crippen molar-refractivity contribution in [1.29, 1.82) is 0 Å². The first-order valence-corrected chi connectivity index (χ1v) is 1.80. The van der Waals surface area contributed by atoms with Gasteiger partial charge in [0.25, 0.3) is 0 Å². The molecule has 0 saturated heterocycles. The lowest BCUT2D eigenvalue weighted by atomic mass is 10.5. The Morgan fingerprint density at radius 2 is 2.00 bits per heavy atom. The second-order valence-electron chi connectivity index (χ2n) is 0.844. The maximum Gasteiger partial charge on any atom is 0.0866 e. The molecule has 0 rings (SSSR count). The Hall–Kier alpha value is -0.590. The van der Waals surface area contributed by atoms with Crippen LogP contribution in [0, 0.1) is 0 Å². The van der Waals surface area contributed by atoms with E-state index in [2.05, 4.69) is 0 Å². The zero-order valence-electron chi connectivity index (χ0n) is 3.69. The molecule has 34 valence electrons. The fourth-order valence-corrected chi connectivity index (χ4v) is 0.153. The number of allylic oxidation sites excluding steroid dienone is 3. The fourth-order valence-electron chi connectivity index (χ4n) is 0.153. The first-order valence-electron chi connectivity index (χ1n) is 1.80. The Balaban J connectivity index is 3.07. The molecule has 0 saturated carbocycles. The van der Waals surface area contributed by atoms with Crippen molar-refractivity contribution in [3.8, 4) is 0 Å². The van der Waals surface area contributed by atoms with Gasteiger partial charge < -0.3 is 0 Å². The first kappa shape index (κ1) is 5.41. The largest absolute Gasteiger partial charge is 0.216 e. The lowest BCUT2D eigenvalue weighted by Gasteiger charge is -1.60. The molecule has 0 spiro atoms. The molecule has 0 atom stereocenters. The molecular formula is C5H7F. The van der Waals surface area contributed by atoms with Crippen LogP contribution in [0.1, 0.15) is 6.92 Å². The van der Waals surface area contributed by atoms with E-state index in [0.29, 0.717) is 6.33 Å². The SMILES string of the molecule is C/C=C/C=C/F. The third kappa shape index (κ3) is 3.41. The minimum atomic E-state index is 0.500. The van der Waals surface area contributed by atoms with Gasteiger partial charge in [-0.1, -0.05) is 12.2 Å². The van der Waals surface area contributed by atoms with Crippen molar-refractivity contribution < 1.29 is 4.39 Å². The van der Waals surface area contributed by atoms with Gasteiger partial charge in [0.1, 0.15) is 0 Å². The third-order valence-corrected chi connectivity index (χ3v) is 0.376. The molecule has 0 aromatic carbocycles. The van der Waals surface area contributed by atoms with Crippen LogP contribution in [0.2, 0.25) is 0 Å². The zero-order chi connectivity index (χ0) is 4.83. The molecule has 0 aliphatic carbocycles. The van der Waals surface area contributed by atoms with Crippen molar-refractivity contribution in [2.24, 2.45) is 0 Å². The average molecular weight is 86.1 g/mol. The van der Waals surface area contributed by atoms with Crippen molar-refractivity contribution >= 4 is 0 Å². The van der Waals surface area contributed by atoms with Crippen molar-refractivity contribution in [3.63, 3.8) is 0 Å². The van der Waals surface area contributed by atoms with E-state index in [1.807, 2.05) is 6.92 Å². The Labute approximate surface area is 37.0 Å². The smallest absolute Gasteiger partial charge is 0.0866 e. The van der Waals surface area contributed by atoms with Gasteiger partial charge in [-0.3, -0.25) is 0 Å². The Morgan fingerprint density at radius 3 is 2.17 bits per heavy atom. The van der Waals surface area contributed by atoms with Crippen LogP contribution in [0.4, 0.5) is 4.39 Å².